The number of nitrogens with zero attached hydrogens (tertiary/aromatic N) is 3. The first-order chi connectivity index (χ1) is 10.1. The summed E-state index contributed by atoms with van der Waals surface area (Å²) in [5.74, 6) is 0.503. The van der Waals surface area contributed by atoms with Crippen molar-refractivity contribution in [2.24, 2.45) is 0 Å². The zero-order valence-corrected chi connectivity index (χ0v) is 13.3. The summed E-state index contributed by atoms with van der Waals surface area (Å²) >= 11 is 0. The van der Waals surface area contributed by atoms with Gasteiger partial charge in [-0.05, 0) is 25.1 Å². The molecule has 3 heterocycles. The first-order valence-electron chi connectivity index (χ1n) is 7.67. The van der Waals surface area contributed by atoms with Crippen LogP contribution in [0.2, 0.25) is 0 Å². The van der Waals surface area contributed by atoms with Crippen molar-refractivity contribution in [3.63, 3.8) is 0 Å². The Morgan fingerprint density at radius 2 is 1.90 bits per heavy atom. The van der Waals surface area contributed by atoms with E-state index < -0.39 is 6.17 Å². The summed E-state index contributed by atoms with van der Waals surface area (Å²) in [5, 5.41) is 0. The van der Waals surface area contributed by atoms with Gasteiger partial charge in [0.1, 0.15) is 6.17 Å². The predicted octanol–water partition coefficient (Wildman–Crippen LogP) is 2.31. The number of morpholine rings is 1. The largest absolute Gasteiger partial charge is 0.378 e. The third-order valence-corrected chi connectivity index (χ3v) is 3.76. The van der Waals surface area contributed by atoms with Crippen molar-refractivity contribution in [2.75, 3.05) is 51.3 Å². The standard InChI is InChI=1S/C12H18N2O.C4H8FN/c1-10(2)12-4-3-11(9-13-12)14-5-7-15-8-6-14;1-6-2-4(5)3-6/h3-4,9-10H,5-8H2,1-2H3;4H,2-3H2,1H3. The minimum absolute atomic E-state index is 0.503. The second kappa shape index (κ2) is 7.71. The van der Waals surface area contributed by atoms with Crippen LogP contribution in [0.3, 0.4) is 0 Å². The summed E-state index contributed by atoms with van der Waals surface area (Å²) in [6, 6.07) is 4.28. The van der Waals surface area contributed by atoms with Gasteiger partial charge in [-0.3, -0.25) is 4.98 Å². The van der Waals surface area contributed by atoms with E-state index in [1.165, 1.54) is 5.69 Å². The number of pyridine rings is 1. The Bertz CT molecular complexity index is 406. The van der Waals surface area contributed by atoms with E-state index in [2.05, 4.69) is 35.9 Å². The Morgan fingerprint density at radius 1 is 1.24 bits per heavy atom. The highest BCUT2D eigenvalue weighted by Gasteiger charge is 2.21. The zero-order valence-electron chi connectivity index (χ0n) is 13.3. The molecule has 0 saturated carbocycles. The summed E-state index contributed by atoms with van der Waals surface area (Å²) in [7, 11) is 1.91. The second-order valence-corrected chi connectivity index (χ2v) is 6.01. The minimum Gasteiger partial charge on any atom is -0.378 e. The van der Waals surface area contributed by atoms with Gasteiger partial charge in [0.15, 0.2) is 0 Å². The number of hydrogen-bond acceptors (Lipinski definition) is 4. The first kappa shape index (κ1) is 16.2. The van der Waals surface area contributed by atoms with Crippen LogP contribution in [-0.2, 0) is 4.74 Å². The fraction of sp³-hybridized carbons (Fsp3) is 0.688. The van der Waals surface area contributed by atoms with Crippen molar-refractivity contribution in [1.29, 1.82) is 0 Å². The van der Waals surface area contributed by atoms with E-state index in [0.29, 0.717) is 19.0 Å². The molecule has 3 rings (SSSR count). The summed E-state index contributed by atoms with van der Waals surface area (Å²) < 4.78 is 17.0. The molecular formula is C16H26FN3O. The van der Waals surface area contributed by atoms with Crippen molar-refractivity contribution in [3.05, 3.63) is 24.0 Å². The van der Waals surface area contributed by atoms with Crippen LogP contribution >= 0.6 is 0 Å². The number of hydrogen-bond donors (Lipinski definition) is 0. The average Bonchev–Trinajstić information content (AvgIpc) is 2.48. The van der Waals surface area contributed by atoms with Gasteiger partial charge in [0.05, 0.1) is 25.1 Å². The van der Waals surface area contributed by atoms with Gasteiger partial charge in [0.25, 0.3) is 0 Å². The molecule has 118 valence electrons. The number of rotatable bonds is 2. The van der Waals surface area contributed by atoms with Gasteiger partial charge in [-0.25, -0.2) is 4.39 Å². The third-order valence-electron chi connectivity index (χ3n) is 3.76. The Labute approximate surface area is 126 Å². The van der Waals surface area contributed by atoms with E-state index >= 15 is 0 Å². The Hall–Kier alpha value is -1.20. The molecule has 1 aromatic heterocycles. The molecule has 2 aliphatic rings. The smallest absolute Gasteiger partial charge is 0.125 e. The van der Waals surface area contributed by atoms with Gasteiger partial charge in [0.2, 0.25) is 0 Å². The van der Waals surface area contributed by atoms with Gasteiger partial charge >= 0.3 is 0 Å². The lowest BCUT2D eigenvalue weighted by molar-refractivity contribution is 0.0915. The van der Waals surface area contributed by atoms with Crippen LogP contribution in [0.5, 0.6) is 0 Å². The van der Waals surface area contributed by atoms with E-state index in [-0.39, 0.29) is 0 Å². The molecule has 0 amide bonds. The van der Waals surface area contributed by atoms with Crippen LogP contribution in [0.15, 0.2) is 18.3 Å². The molecule has 0 atom stereocenters. The van der Waals surface area contributed by atoms with E-state index in [1.807, 2.05) is 18.1 Å². The van der Waals surface area contributed by atoms with Crippen LogP contribution in [0.4, 0.5) is 10.1 Å². The number of aromatic nitrogens is 1. The maximum atomic E-state index is 11.7. The molecule has 0 N–H and O–H groups in total. The number of ether oxygens (including phenoxy) is 1. The van der Waals surface area contributed by atoms with Crippen LogP contribution in [-0.4, -0.2) is 62.5 Å². The quantitative estimate of drug-likeness (QED) is 0.837. The Morgan fingerprint density at radius 3 is 2.29 bits per heavy atom. The molecule has 2 saturated heterocycles. The van der Waals surface area contributed by atoms with E-state index in [4.69, 9.17) is 4.74 Å². The highest BCUT2D eigenvalue weighted by Crippen LogP contribution is 2.18. The highest BCUT2D eigenvalue weighted by molar-refractivity contribution is 5.45. The van der Waals surface area contributed by atoms with Crippen molar-refractivity contribution in [2.45, 2.75) is 25.9 Å². The van der Waals surface area contributed by atoms with Crippen molar-refractivity contribution < 1.29 is 9.13 Å². The maximum Gasteiger partial charge on any atom is 0.125 e. The molecule has 2 aliphatic heterocycles. The first-order valence-corrected chi connectivity index (χ1v) is 7.67. The van der Waals surface area contributed by atoms with E-state index in [9.17, 15) is 4.39 Å². The molecule has 1 aromatic rings. The number of halogens is 1. The normalized spacial score (nSPS) is 20.0. The van der Waals surface area contributed by atoms with E-state index in [0.717, 1.165) is 32.0 Å². The molecule has 0 bridgehead atoms. The molecule has 4 nitrogen and oxygen atoms in total. The minimum atomic E-state index is -0.532. The van der Waals surface area contributed by atoms with Gasteiger partial charge in [-0.1, -0.05) is 13.8 Å². The monoisotopic (exact) mass is 295 g/mol. The van der Waals surface area contributed by atoms with Crippen LogP contribution in [0, 0.1) is 0 Å². The molecule has 0 unspecified atom stereocenters. The number of likely N-dealkylation sites (tertiary alicyclic amines) is 1. The van der Waals surface area contributed by atoms with Crippen molar-refractivity contribution in [3.8, 4) is 0 Å². The Balaban J connectivity index is 0.000000225. The topological polar surface area (TPSA) is 28.6 Å². The van der Waals surface area contributed by atoms with Crippen molar-refractivity contribution >= 4 is 5.69 Å². The van der Waals surface area contributed by atoms with Gasteiger partial charge < -0.3 is 14.5 Å². The summed E-state index contributed by atoms with van der Waals surface area (Å²) in [6.07, 6.45) is 1.44. The second-order valence-electron chi connectivity index (χ2n) is 6.01. The lowest BCUT2D eigenvalue weighted by Gasteiger charge is -2.29. The fourth-order valence-corrected chi connectivity index (χ4v) is 2.37. The maximum absolute atomic E-state index is 11.7. The highest BCUT2D eigenvalue weighted by atomic mass is 19.1. The van der Waals surface area contributed by atoms with Crippen LogP contribution in [0.1, 0.15) is 25.5 Å². The lowest BCUT2D eigenvalue weighted by Crippen LogP contribution is -2.45. The van der Waals surface area contributed by atoms with Crippen LogP contribution < -0.4 is 4.90 Å². The average molecular weight is 295 g/mol. The van der Waals surface area contributed by atoms with Crippen LogP contribution in [0.25, 0.3) is 0 Å². The molecule has 0 radical (unpaired) electrons. The van der Waals surface area contributed by atoms with Gasteiger partial charge in [0, 0.05) is 31.9 Å². The van der Waals surface area contributed by atoms with Gasteiger partial charge in [-0.2, -0.15) is 0 Å². The number of anilines is 1. The SMILES string of the molecule is CC(C)c1ccc(N2CCOCC2)cn1.CN1CC(F)C1. The molecule has 5 heteroatoms. The van der Waals surface area contributed by atoms with E-state index in [1.54, 1.807) is 0 Å². The third kappa shape index (κ3) is 4.93. The lowest BCUT2D eigenvalue weighted by atomic mass is 10.1. The number of alkyl halides is 1. The summed E-state index contributed by atoms with van der Waals surface area (Å²) in [4.78, 5) is 8.74. The summed E-state index contributed by atoms with van der Waals surface area (Å²) in [5.41, 5.74) is 2.37. The molecule has 0 aliphatic carbocycles. The Kier molecular flexibility index (Phi) is 5.94. The van der Waals surface area contributed by atoms with Gasteiger partial charge in [-0.15, -0.1) is 0 Å². The molecule has 0 spiro atoms. The molecule has 21 heavy (non-hydrogen) atoms. The summed E-state index contributed by atoms with van der Waals surface area (Å²) in [6.45, 7) is 9.21. The zero-order chi connectivity index (χ0) is 15.2. The predicted molar refractivity (Wildman–Crippen MR) is 83.8 cm³/mol. The van der Waals surface area contributed by atoms with Crippen molar-refractivity contribution in [1.82, 2.24) is 9.88 Å². The molecular weight excluding hydrogens is 269 g/mol. The molecule has 2 fully saturated rings. The molecule has 0 aromatic carbocycles. The fourth-order valence-electron chi connectivity index (χ4n) is 2.37.